The Morgan fingerprint density at radius 3 is 2.55 bits per heavy atom. The number of benzene rings is 1. The largest absolute Gasteiger partial charge is 0.307 e. The maximum absolute atomic E-state index is 6.27. The summed E-state index contributed by atoms with van der Waals surface area (Å²) >= 11 is 6.27. The van der Waals surface area contributed by atoms with Crippen molar-refractivity contribution in [1.29, 1.82) is 0 Å². The lowest BCUT2D eigenvalue weighted by atomic mass is 10.2. The van der Waals surface area contributed by atoms with E-state index < -0.39 is 0 Å². The third kappa shape index (κ3) is 2.41. The van der Waals surface area contributed by atoms with Crippen molar-refractivity contribution in [3.63, 3.8) is 0 Å². The molecule has 2 heterocycles. The number of halogens is 1. The predicted molar refractivity (Wildman–Crippen MR) is 82.1 cm³/mol. The molecule has 1 aromatic carbocycles. The Morgan fingerprint density at radius 1 is 1.10 bits per heavy atom. The standard InChI is InChI=1S/C16H16ClN3/c1-11-8-9-14-16(18-11)20(15(19-14)12(2)17)10-13-6-4-3-5-7-13/h3-9,12H,10H2,1-2H3. The molecule has 1 unspecified atom stereocenters. The fourth-order valence-electron chi connectivity index (χ4n) is 2.34. The Hall–Kier alpha value is -1.87. The molecule has 0 N–H and O–H groups in total. The molecule has 0 fully saturated rings. The Balaban J connectivity index is 2.15. The Morgan fingerprint density at radius 2 is 1.85 bits per heavy atom. The molecular formula is C16H16ClN3. The number of hydrogen-bond donors (Lipinski definition) is 0. The summed E-state index contributed by atoms with van der Waals surface area (Å²) in [4.78, 5) is 9.23. The van der Waals surface area contributed by atoms with Gasteiger partial charge >= 0.3 is 0 Å². The van der Waals surface area contributed by atoms with Gasteiger partial charge in [0, 0.05) is 5.69 Å². The van der Waals surface area contributed by atoms with Crippen LogP contribution in [0, 0.1) is 6.92 Å². The van der Waals surface area contributed by atoms with Gasteiger partial charge in [-0.15, -0.1) is 11.6 Å². The van der Waals surface area contributed by atoms with E-state index in [1.807, 2.05) is 44.2 Å². The molecular weight excluding hydrogens is 270 g/mol. The number of aryl methyl sites for hydroxylation is 1. The Kier molecular flexibility index (Phi) is 3.45. The summed E-state index contributed by atoms with van der Waals surface area (Å²) in [7, 11) is 0. The molecule has 0 radical (unpaired) electrons. The van der Waals surface area contributed by atoms with E-state index in [9.17, 15) is 0 Å². The van der Waals surface area contributed by atoms with E-state index >= 15 is 0 Å². The highest BCUT2D eigenvalue weighted by Gasteiger charge is 2.16. The van der Waals surface area contributed by atoms with Crippen molar-refractivity contribution in [3.05, 3.63) is 59.5 Å². The maximum Gasteiger partial charge on any atom is 0.160 e. The van der Waals surface area contributed by atoms with Crippen LogP contribution in [0.15, 0.2) is 42.5 Å². The molecule has 3 rings (SSSR count). The summed E-state index contributed by atoms with van der Waals surface area (Å²) in [6, 6.07) is 14.3. The molecule has 3 nitrogen and oxygen atoms in total. The topological polar surface area (TPSA) is 30.7 Å². The molecule has 3 aromatic rings. The summed E-state index contributed by atoms with van der Waals surface area (Å²) in [6.07, 6.45) is 0. The van der Waals surface area contributed by atoms with E-state index in [1.165, 1.54) is 5.56 Å². The highest BCUT2D eigenvalue weighted by molar-refractivity contribution is 6.20. The van der Waals surface area contributed by atoms with Crippen LogP contribution < -0.4 is 0 Å². The first-order chi connectivity index (χ1) is 9.65. The van der Waals surface area contributed by atoms with Crippen LogP contribution in [0.2, 0.25) is 0 Å². The van der Waals surface area contributed by atoms with Gasteiger partial charge in [0.05, 0.1) is 11.9 Å². The van der Waals surface area contributed by atoms with E-state index in [0.717, 1.165) is 29.2 Å². The van der Waals surface area contributed by atoms with Crippen LogP contribution in [-0.2, 0) is 6.54 Å². The number of imidazole rings is 1. The third-order valence-electron chi connectivity index (χ3n) is 3.30. The van der Waals surface area contributed by atoms with E-state index in [-0.39, 0.29) is 5.38 Å². The smallest absolute Gasteiger partial charge is 0.160 e. The zero-order valence-electron chi connectivity index (χ0n) is 11.5. The molecule has 0 aliphatic heterocycles. The SMILES string of the molecule is Cc1ccc2nc(C(C)Cl)n(Cc3ccccc3)c2n1. The van der Waals surface area contributed by atoms with Gasteiger partial charge in [0.15, 0.2) is 5.65 Å². The maximum atomic E-state index is 6.27. The number of pyridine rings is 1. The van der Waals surface area contributed by atoms with Crippen LogP contribution in [0.25, 0.3) is 11.2 Å². The summed E-state index contributed by atoms with van der Waals surface area (Å²) < 4.78 is 2.11. The van der Waals surface area contributed by atoms with Crippen LogP contribution >= 0.6 is 11.6 Å². The highest BCUT2D eigenvalue weighted by Crippen LogP contribution is 2.24. The number of alkyl halides is 1. The first-order valence-corrected chi connectivity index (χ1v) is 7.10. The summed E-state index contributed by atoms with van der Waals surface area (Å²) in [6.45, 7) is 4.67. The van der Waals surface area contributed by atoms with Gasteiger partial charge in [0.25, 0.3) is 0 Å². The van der Waals surface area contributed by atoms with Gasteiger partial charge in [-0.1, -0.05) is 30.3 Å². The zero-order chi connectivity index (χ0) is 14.1. The van der Waals surface area contributed by atoms with Crippen LogP contribution in [0.3, 0.4) is 0 Å². The lowest BCUT2D eigenvalue weighted by Crippen LogP contribution is -2.06. The molecule has 1 atom stereocenters. The molecule has 0 aliphatic rings. The highest BCUT2D eigenvalue weighted by atomic mass is 35.5. The molecule has 0 saturated carbocycles. The summed E-state index contributed by atoms with van der Waals surface area (Å²) in [5.41, 5.74) is 4.00. The van der Waals surface area contributed by atoms with Gasteiger partial charge < -0.3 is 4.57 Å². The normalized spacial score (nSPS) is 12.8. The molecule has 4 heteroatoms. The lowest BCUT2D eigenvalue weighted by molar-refractivity contribution is 0.735. The number of hydrogen-bond acceptors (Lipinski definition) is 2. The van der Waals surface area contributed by atoms with Gasteiger partial charge in [-0.25, -0.2) is 9.97 Å². The van der Waals surface area contributed by atoms with Crippen molar-refractivity contribution in [2.45, 2.75) is 25.8 Å². The number of rotatable bonds is 3. The second-order valence-corrected chi connectivity index (χ2v) is 5.61. The predicted octanol–water partition coefficient (Wildman–Crippen LogP) is 4.09. The van der Waals surface area contributed by atoms with E-state index in [0.29, 0.717) is 0 Å². The van der Waals surface area contributed by atoms with Crippen molar-refractivity contribution >= 4 is 22.8 Å². The van der Waals surface area contributed by atoms with E-state index in [4.69, 9.17) is 11.6 Å². The minimum Gasteiger partial charge on any atom is -0.307 e. The number of aromatic nitrogens is 3. The number of fused-ring (bicyclic) bond motifs is 1. The minimum atomic E-state index is -0.145. The second kappa shape index (κ2) is 5.25. The minimum absolute atomic E-state index is 0.145. The van der Waals surface area contributed by atoms with Crippen molar-refractivity contribution in [3.8, 4) is 0 Å². The average molecular weight is 286 g/mol. The quantitative estimate of drug-likeness (QED) is 0.679. The fraction of sp³-hybridized carbons (Fsp3) is 0.250. The summed E-state index contributed by atoms with van der Waals surface area (Å²) in [5.74, 6) is 0.864. The zero-order valence-corrected chi connectivity index (χ0v) is 12.3. The average Bonchev–Trinajstić information content (AvgIpc) is 2.78. The van der Waals surface area contributed by atoms with Gasteiger partial charge in [-0.2, -0.15) is 0 Å². The summed E-state index contributed by atoms with van der Waals surface area (Å²) in [5, 5.41) is -0.145. The van der Waals surface area contributed by atoms with Crippen molar-refractivity contribution in [2.24, 2.45) is 0 Å². The van der Waals surface area contributed by atoms with Crippen molar-refractivity contribution in [2.75, 3.05) is 0 Å². The Labute approximate surface area is 123 Å². The third-order valence-corrected chi connectivity index (χ3v) is 3.50. The Bertz CT molecular complexity index is 732. The molecule has 0 saturated heterocycles. The van der Waals surface area contributed by atoms with Gasteiger partial charge in [0.1, 0.15) is 11.3 Å². The molecule has 20 heavy (non-hydrogen) atoms. The molecule has 0 spiro atoms. The molecule has 102 valence electrons. The van der Waals surface area contributed by atoms with E-state index in [1.54, 1.807) is 0 Å². The van der Waals surface area contributed by atoms with Crippen molar-refractivity contribution < 1.29 is 0 Å². The van der Waals surface area contributed by atoms with Crippen LogP contribution in [0.5, 0.6) is 0 Å². The lowest BCUT2D eigenvalue weighted by Gasteiger charge is -2.10. The van der Waals surface area contributed by atoms with Crippen LogP contribution in [0.4, 0.5) is 0 Å². The van der Waals surface area contributed by atoms with E-state index in [2.05, 4.69) is 26.7 Å². The monoisotopic (exact) mass is 285 g/mol. The molecule has 0 bridgehead atoms. The second-order valence-electron chi connectivity index (χ2n) is 4.95. The number of nitrogens with zero attached hydrogens (tertiary/aromatic N) is 3. The first-order valence-electron chi connectivity index (χ1n) is 6.67. The van der Waals surface area contributed by atoms with Gasteiger partial charge in [-0.05, 0) is 31.5 Å². The molecule has 0 aliphatic carbocycles. The van der Waals surface area contributed by atoms with Gasteiger partial charge in [-0.3, -0.25) is 0 Å². The van der Waals surface area contributed by atoms with Crippen LogP contribution in [0.1, 0.15) is 29.4 Å². The molecule has 0 amide bonds. The molecule has 2 aromatic heterocycles. The fourth-order valence-corrected chi connectivity index (χ4v) is 2.51. The van der Waals surface area contributed by atoms with Crippen LogP contribution in [-0.4, -0.2) is 14.5 Å². The van der Waals surface area contributed by atoms with Crippen molar-refractivity contribution in [1.82, 2.24) is 14.5 Å². The van der Waals surface area contributed by atoms with Gasteiger partial charge in [0.2, 0.25) is 0 Å². The first kappa shape index (κ1) is 13.1.